The fourth-order valence-electron chi connectivity index (χ4n) is 4.09. The number of para-hydroxylation sites is 2. The molecule has 0 aromatic heterocycles. The van der Waals surface area contributed by atoms with Gasteiger partial charge in [-0.1, -0.05) is 43.3 Å². The maximum absolute atomic E-state index is 13.0. The number of likely N-dealkylation sites (N-methyl/N-ethyl adjacent to an activating group) is 1. The summed E-state index contributed by atoms with van der Waals surface area (Å²) in [5.74, 6) is 0.962. The van der Waals surface area contributed by atoms with Crippen LogP contribution in [0, 0.1) is 0 Å². The van der Waals surface area contributed by atoms with Crippen molar-refractivity contribution >= 4 is 11.6 Å². The zero-order chi connectivity index (χ0) is 18.1. The Bertz CT molecular complexity index is 798. The Morgan fingerprint density at radius 1 is 1.12 bits per heavy atom. The van der Waals surface area contributed by atoms with Crippen molar-refractivity contribution in [1.29, 1.82) is 0 Å². The van der Waals surface area contributed by atoms with Gasteiger partial charge in [-0.3, -0.25) is 4.79 Å². The topological polar surface area (TPSA) is 32.8 Å². The number of anilines is 1. The van der Waals surface area contributed by atoms with E-state index in [1.54, 1.807) is 0 Å². The van der Waals surface area contributed by atoms with Gasteiger partial charge in [-0.05, 0) is 30.5 Å². The zero-order valence-corrected chi connectivity index (χ0v) is 15.5. The molecule has 0 spiro atoms. The third-order valence-electron chi connectivity index (χ3n) is 5.58. The number of carbonyl (C=O) groups is 1. The van der Waals surface area contributed by atoms with Crippen LogP contribution >= 0.6 is 0 Å². The molecule has 2 aliphatic rings. The summed E-state index contributed by atoms with van der Waals surface area (Å²) in [6.07, 6.45) is 2.06. The normalized spacial score (nSPS) is 21.4. The van der Waals surface area contributed by atoms with Crippen LogP contribution in [0.5, 0.6) is 5.75 Å². The summed E-state index contributed by atoms with van der Waals surface area (Å²) in [6.45, 7) is 4.88. The molecule has 2 heterocycles. The van der Waals surface area contributed by atoms with E-state index in [0.717, 1.165) is 24.4 Å². The summed E-state index contributed by atoms with van der Waals surface area (Å²) in [5.41, 5.74) is 3.58. The molecule has 0 unspecified atom stereocenters. The highest BCUT2D eigenvalue weighted by molar-refractivity contribution is 5.83. The van der Waals surface area contributed by atoms with E-state index in [1.165, 1.54) is 24.1 Å². The lowest BCUT2D eigenvalue weighted by Crippen LogP contribution is -2.40. The average Bonchev–Trinajstić information content (AvgIpc) is 3.30. The Hall–Kier alpha value is -2.49. The van der Waals surface area contributed by atoms with Gasteiger partial charge < -0.3 is 14.5 Å². The van der Waals surface area contributed by atoms with Gasteiger partial charge >= 0.3 is 0 Å². The van der Waals surface area contributed by atoms with Crippen molar-refractivity contribution in [3.05, 3.63) is 59.7 Å². The molecule has 2 aromatic rings. The van der Waals surface area contributed by atoms with E-state index in [9.17, 15) is 4.79 Å². The van der Waals surface area contributed by atoms with Crippen molar-refractivity contribution in [2.75, 3.05) is 25.0 Å². The number of amides is 1. The van der Waals surface area contributed by atoms with Crippen molar-refractivity contribution in [1.82, 2.24) is 4.90 Å². The van der Waals surface area contributed by atoms with Gasteiger partial charge in [0.15, 0.2) is 6.10 Å². The minimum atomic E-state index is -0.434. The van der Waals surface area contributed by atoms with Crippen LogP contribution in [0.25, 0.3) is 0 Å². The van der Waals surface area contributed by atoms with Crippen molar-refractivity contribution in [2.24, 2.45) is 0 Å². The van der Waals surface area contributed by atoms with E-state index < -0.39 is 6.10 Å². The first kappa shape index (κ1) is 17.0. The molecule has 2 aliphatic heterocycles. The molecule has 4 rings (SSSR count). The van der Waals surface area contributed by atoms with E-state index in [0.29, 0.717) is 6.54 Å². The number of nitrogens with zero attached hydrogens (tertiary/aromatic N) is 2. The lowest BCUT2D eigenvalue weighted by Gasteiger charge is -2.26. The molecule has 4 heteroatoms. The minimum Gasteiger partial charge on any atom is -0.480 e. The van der Waals surface area contributed by atoms with Crippen molar-refractivity contribution < 1.29 is 9.53 Å². The van der Waals surface area contributed by atoms with Crippen LogP contribution in [-0.2, 0) is 11.3 Å². The molecule has 1 amide bonds. The Kier molecular flexibility index (Phi) is 4.58. The van der Waals surface area contributed by atoms with Gasteiger partial charge in [0.05, 0.1) is 0 Å². The molecule has 0 aliphatic carbocycles. The van der Waals surface area contributed by atoms with Crippen molar-refractivity contribution in [3.63, 3.8) is 0 Å². The summed E-state index contributed by atoms with van der Waals surface area (Å²) >= 11 is 0. The lowest BCUT2D eigenvalue weighted by atomic mass is 9.97. The summed E-state index contributed by atoms with van der Waals surface area (Å²) in [5, 5.41) is 0. The zero-order valence-electron chi connectivity index (χ0n) is 15.5. The summed E-state index contributed by atoms with van der Waals surface area (Å²) in [7, 11) is 1.88. The molecular formula is C22H26N2O2. The van der Waals surface area contributed by atoms with Crippen LogP contribution in [0.4, 0.5) is 5.69 Å². The van der Waals surface area contributed by atoms with E-state index in [-0.39, 0.29) is 11.8 Å². The SMILES string of the molecule is C[C@H]1c2ccccc2O[C@H]1C(=O)N(C)Cc1ccccc1N1CCCC1. The predicted molar refractivity (Wildman–Crippen MR) is 104 cm³/mol. The van der Waals surface area contributed by atoms with Crippen LogP contribution in [0.1, 0.15) is 36.8 Å². The molecule has 0 radical (unpaired) electrons. The molecule has 1 fully saturated rings. The monoisotopic (exact) mass is 350 g/mol. The van der Waals surface area contributed by atoms with Crippen molar-refractivity contribution in [2.45, 2.75) is 38.3 Å². The second-order valence-corrected chi connectivity index (χ2v) is 7.38. The molecule has 1 saturated heterocycles. The molecule has 0 N–H and O–H groups in total. The molecule has 2 aromatic carbocycles. The van der Waals surface area contributed by atoms with Crippen molar-refractivity contribution in [3.8, 4) is 5.75 Å². The number of hydrogen-bond donors (Lipinski definition) is 0. The Morgan fingerprint density at radius 3 is 2.58 bits per heavy atom. The Balaban J connectivity index is 1.49. The van der Waals surface area contributed by atoms with E-state index in [1.807, 2.05) is 30.1 Å². The Morgan fingerprint density at radius 2 is 1.81 bits per heavy atom. The standard InChI is InChI=1S/C22H26N2O2/c1-16-18-10-4-6-12-20(18)26-21(16)22(25)23(2)15-17-9-3-5-11-19(17)24-13-7-8-14-24/h3-6,9-12,16,21H,7-8,13-15H2,1-2H3/t16-,21+/m0/s1. The molecule has 0 bridgehead atoms. The Labute approximate surface area is 155 Å². The number of hydrogen-bond acceptors (Lipinski definition) is 3. The highest BCUT2D eigenvalue weighted by Gasteiger charge is 2.37. The fraction of sp³-hybridized carbons (Fsp3) is 0.409. The largest absolute Gasteiger partial charge is 0.480 e. The number of benzene rings is 2. The van der Waals surface area contributed by atoms with Crippen LogP contribution in [0.2, 0.25) is 0 Å². The molecule has 26 heavy (non-hydrogen) atoms. The quantitative estimate of drug-likeness (QED) is 0.841. The fourth-order valence-corrected chi connectivity index (χ4v) is 4.09. The first-order valence-electron chi connectivity index (χ1n) is 9.48. The van der Waals surface area contributed by atoms with Gasteiger partial charge in [0.25, 0.3) is 5.91 Å². The van der Waals surface area contributed by atoms with Gasteiger partial charge in [-0.25, -0.2) is 0 Å². The van der Waals surface area contributed by atoms with Gasteiger partial charge in [0, 0.05) is 43.9 Å². The molecular weight excluding hydrogens is 324 g/mol. The predicted octanol–water partition coefficient (Wildman–Crippen LogP) is 3.81. The number of ether oxygens (including phenoxy) is 1. The second-order valence-electron chi connectivity index (χ2n) is 7.38. The number of fused-ring (bicyclic) bond motifs is 1. The minimum absolute atomic E-state index is 0.0462. The lowest BCUT2D eigenvalue weighted by molar-refractivity contribution is -0.137. The summed E-state index contributed by atoms with van der Waals surface area (Å²) in [4.78, 5) is 17.3. The van der Waals surface area contributed by atoms with E-state index >= 15 is 0 Å². The maximum atomic E-state index is 13.0. The molecule has 136 valence electrons. The number of carbonyl (C=O) groups excluding carboxylic acids is 1. The highest BCUT2D eigenvalue weighted by atomic mass is 16.5. The highest BCUT2D eigenvalue weighted by Crippen LogP contribution is 2.38. The van der Waals surface area contributed by atoms with Gasteiger partial charge in [-0.15, -0.1) is 0 Å². The molecule has 4 nitrogen and oxygen atoms in total. The van der Waals surface area contributed by atoms with Gasteiger partial charge in [0.2, 0.25) is 0 Å². The van der Waals surface area contributed by atoms with Crippen LogP contribution < -0.4 is 9.64 Å². The maximum Gasteiger partial charge on any atom is 0.264 e. The smallest absolute Gasteiger partial charge is 0.264 e. The van der Waals surface area contributed by atoms with Crippen LogP contribution in [0.15, 0.2) is 48.5 Å². The van der Waals surface area contributed by atoms with Crippen LogP contribution in [-0.4, -0.2) is 37.0 Å². The number of rotatable bonds is 4. The van der Waals surface area contributed by atoms with E-state index in [4.69, 9.17) is 4.74 Å². The first-order chi connectivity index (χ1) is 12.6. The molecule has 2 atom stereocenters. The average molecular weight is 350 g/mol. The van der Waals surface area contributed by atoms with E-state index in [2.05, 4.69) is 42.2 Å². The third-order valence-corrected chi connectivity index (χ3v) is 5.58. The molecule has 0 saturated carbocycles. The first-order valence-corrected chi connectivity index (χ1v) is 9.48. The summed E-state index contributed by atoms with van der Waals surface area (Å²) < 4.78 is 5.97. The second kappa shape index (κ2) is 7.02. The van der Waals surface area contributed by atoms with Crippen LogP contribution in [0.3, 0.4) is 0 Å². The third kappa shape index (κ3) is 3.05. The van der Waals surface area contributed by atoms with Gasteiger partial charge in [0.1, 0.15) is 5.75 Å². The van der Waals surface area contributed by atoms with Gasteiger partial charge in [-0.2, -0.15) is 0 Å². The summed E-state index contributed by atoms with van der Waals surface area (Å²) in [6, 6.07) is 16.4.